The van der Waals surface area contributed by atoms with Crippen LogP contribution < -0.4 is 9.64 Å². The van der Waals surface area contributed by atoms with Crippen LogP contribution in [0.1, 0.15) is 17.3 Å². The number of fused-ring (bicyclic) bond motifs is 1. The van der Waals surface area contributed by atoms with Gasteiger partial charge in [-0.1, -0.05) is 12.1 Å². The number of para-hydroxylation sites is 2. The molecule has 5 heteroatoms. The third-order valence-electron chi connectivity index (χ3n) is 3.34. The van der Waals surface area contributed by atoms with Crippen molar-refractivity contribution in [2.24, 2.45) is 0 Å². The van der Waals surface area contributed by atoms with Crippen LogP contribution in [0.15, 0.2) is 42.5 Å². The van der Waals surface area contributed by atoms with Gasteiger partial charge in [-0.2, -0.15) is 0 Å². The summed E-state index contributed by atoms with van der Waals surface area (Å²) in [6, 6.07) is 10.3. The molecule has 3 rings (SSSR count). The molecular formula is C16H13F2NO2. The van der Waals surface area contributed by atoms with Crippen molar-refractivity contribution in [1.82, 2.24) is 0 Å². The number of halogens is 2. The van der Waals surface area contributed by atoms with Gasteiger partial charge in [0, 0.05) is 5.56 Å². The summed E-state index contributed by atoms with van der Waals surface area (Å²) in [7, 11) is 0. The highest BCUT2D eigenvalue weighted by molar-refractivity contribution is 6.07. The Bertz CT molecular complexity index is 702. The van der Waals surface area contributed by atoms with Crippen molar-refractivity contribution in [2.75, 3.05) is 11.4 Å². The SMILES string of the molecule is CC1CN(C(=O)c2ccc(F)c(F)c2)c2ccccc2O1. The molecule has 0 N–H and O–H groups in total. The second-order valence-electron chi connectivity index (χ2n) is 4.94. The van der Waals surface area contributed by atoms with Gasteiger partial charge in [-0.15, -0.1) is 0 Å². The Labute approximate surface area is 120 Å². The van der Waals surface area contributed by atoms with E-state index in [1.54, 1.807) is 18.2 Å². The quantitative estimate of drug-likeness (QED) is 0.805. The molecule has 0 bridgehead atoms. The number of benzene rings is 2. The van der Waals surface area contributed by atoms with E-state index < -0.39 is 11.6 Å². The molecular weight excluding hydrogens is 276 g/mol. The molecule has 0 aliphatic carbocycles. The summed E-state index contributed by atoms with van der Waals surface area (Å²) in [6.45, 7) is 2.20. The van der Waals surface area contributed by atoms with Crippen molar-refractivity contribution in [3.05, 3.63) is 59.7 Å². The molecule has 1 atom stereocenters. The summed E-state index contributed by atoms with van der Waals surface area (Å²) in [5, 5.41) is 0. The number of carbonyl (C=O) groups excluding carboxylic acids is 1. The highest BCUT2D eigenvalue weighted by Crippen LogP contribution is 2.33. The van der Waals surface area contributed by atoms with Gasteiger partial charge in [0.1, 0.15) is 11.9 Å². The lowest BCUT2D eigenvalue weighted by atomic mass is 10.1. The first-order chi connectivity index (χ1) is 10.1. The van der Waals surface area contributed by atoms with Gasteiger partial charge in [-0.3, -0.25) is 4.79 Å². The summed E-state index contributed by atoms with van der Waals surface area (Å²) < 4.78 is 32.0. The largest absolute Gasteiger partial charge is 0.487 e. The van der Waals surface area contributed by atoms with Crippen LogP contribution in [-0.4, -0.2) is 18.6 Å². The summed E-state index contributed by atoms with van der Waals surface area (Å²) in [5.74, 6) is -1.78. The lowest BCUT2D eigenvalue weighted by Gasteiger charge is -2.33. The van der Waals surface area contributed by atoms with Gasteiger partial charge in [-0.25, -0.2) is 8.78 Å². The zero-order chi connectivity index (χ0) is 15.0. The van der Waals surface area contributed by atoms with E-state index >= 15 is 0 Å². The van der Waals surface area contributed by atoms with Gasteiger partial charge in [0.15, 0.2) is 11.6 Å². The Morgan fingerprint density at radius 2 is 1.95 bits per heavy atom. The smallest absolute Gasteiger partial charge is 0.258 e. The first-order valence-corrected chi connectivity index (χ1v) is 6.59. The summed E-state index contributed by atoms with van der Waals surface area (Å²) in [4.78, 5) is 14.1. The van der Waals surface area contributed by atoms with Crippen molar-refractivity contribution in [2.45, 2.75) is 13.0 Å². The van der Waals surface area contributed by atoms with Crippen LogP contribution in [0, 0.1) is 11.6 Å². The van der Waals surface area contributed by atoms with E-state index in [2.05, 4.69) is 0 Å². The Hall–Kier alpha value is -2.43. The fourth-order valence-corrected chi connectivity index (χ4v) is 2.37. The van der Waals surface area contributed by atoms with E-state index in [0.717, 1.165) is 12.1 Å². The number of nitrogens with zero attached hydrogens (tertiary/aromatic N) is 1. The fourth-order valence-electron chi connectivity index (χ4n) is 2.37. The molecule has 1 aliphatic rings. The predicted molar refractivity (Wildman–Crippen MR) is 74.6 cm³/mol. The molecule has 21 heavy (non-hydrogen) atoms. The zero-order valence-electron chi connectivity index (χ0n) is 11.3. The molecule has 0 saturated carbocycles. The van der Waals surface area contributed by atoms with Crippen LogP contribution in [0.5, 0.6) is 5.75 Å². The minimum absolute atomic E-state index is 0.109. The van der Waals surface area contributed by atoms with Crippen molar-refractivity contribution >= 4 is 11.6 Å². The van der Waals surface area contributed by atoms with E-state index in [1.165, 1.54) is 11.0 Å². The topological polar surface area (TPSA) is 29.5 Å². The molecule has 0 fully saturated rings. The van der Waals surface area contributed by atoms with E-state index in [1.807, 2.05) is 13.0 Å². The molecule has 1 heterocycles. The van der Waals surface area contributed by atoms with Crippen LogP contribution in [0.3, 0.4) is 0 Å². The van der Waals surface area contributed by atoms with E-state index in [4.69, 9.17) is 4.74 Å². The highest BCUT2D eigenvalue weighted by Gasteiger charge is 2.28. The molecule has 0 spiro atoms. The average Bonchev–Trinajstić information content (AvgIpc) is 2.48. The Morgan fingerprint density at radius 1 is 1.19 bits per heavy atom. The van der Waals surface area contributed by atoms with Crippen LogP contribution in [0.2, 0.25) is 0 Å². The monoisotopic (exact) mass is 289 g/mol. The first kappa shape index (κ1) is 13.5. The third kappa shape index (κ3) is 2.46. The van der Waals surface area contributed by atoms with Gasteiger partial charge in [-0.05, 0) is 37.3 Å². The van der Waals surface area contributed by atoms with Crippen LogP contribution >= 0.6 is 0 Å². The van der Waals surface area contributed by atoms with Crippen LogP contribution in [0.4, 0.5) is 14.5 Å². The minimum Gasteiger partial charge on any atom is -0.487 e. The zero-order valence-corrected chi connectivity index (χ0v) is 11.3. The van der Waals surface area contributed by atoms with Crippen LogP contribution in [-0.2, 0) is 0 Å². The normalized spacial score (nSPS) is 17.1. The number of anilines is 1. The fraction of sp³-hybridized carbons (Fsp3) is 0.188. The summed E-state index contributed by atoms with van der Waals surface area (Å²) >= 11 is 0. The van der Waals surface area contributed by atoms with Gasteiger partial charge < -0.3 is 9.64 Å². The third-order valence-corrected chi connectivity index (χ3v) is 3.34. The standard InChI is InChI=1S/C16H13F2NO2/c1-10-9-19(14-4-2-3-5-15(14)21-10)16(20)11-6-7-12(17)13(18)8-11/h2-8,10H,9H2,1H3. The van der Waals surface area contributed by atoms with Gasteiger partial charge in [0.05, 0.1) is 12.2 Å². The number of amides is 1. The minimum atomic E-state index is -1.03. The predicted octanol–water partition coefficient (Wildman–Crippen LogP) is 3.39. The van der Waals surface area contributed by atoms with E-state index in [9.17, 15) is 13.6 Å². The maximum atomic E-state index is 13.3. The molecule has 2 aromatic rings. The van der Waals surface area contributed by atoms with Crippen LogP contribution in [0.25, 0.3) is 0 Å². The first-order valence-electron chi connectivity index (χ1n) is 6.59. The molecule has 2 aromatic carbocycles. The molecule has 1 amide bonds. The maximum Gasteiger partial charge on any atom is 0.258 e. The second-order valence-corrected chi connectivity index (χ2v) is 4.94. The van der Waals surface area contributed by atoms with E-state index in [-0.39, 0.29) is 17.6 Å². The number of rotatable bonds is 1. The number of hydrogen-bond acceptors (Lipinski definition) is 2. The van der Waals surface area contributed by atoms with E-state index in [0.29, 0.717) is 18.0 Å². The summed E-state index contributed by atoms with van der Waals surface area (Å²) in [5.41, 5.74) is 0.739. The number of carbonyl (C=O) groups is 1. The lowest BCUT2D eigenvalue weighted by molar-refractivity contribution is 0.0960. The molecule has 1 unspecified atom stereocenters. The lowest BCUT2D eigenvalue weighted by Crippen LogP contribution is -2.42. The van der Waals surface area contributed by atoms with Crippen molar-refractivity contribution < 1.29 is 18.3 Å². The molecule has 0 saturated heterocycles. The van der Waals surface area contributed by atoms with Gasteiger partial charge in [0.2, 0.25) is 0 Å². The molecule has 1 aliphatic heterocycles. The molecule has 3 nitrogen and oxygen atoms in total. The molecule has 0 aromatic heterocycles. The number of hydrogen-bond donors (Lipinski definition) is 0. The number of ether oxygens (including phenoxy) is 1. The maximum absolute atomic E-state index is 13.3. The average molecular weight is 289 g/mol. The molecule has 0 radical (unpaired) electrons. The van der Waals surface area contributed by atoms with Crippen molar-refractivity contribution in [3.8, 4) is 5.75 Å². The Balaban J connectivity index is 1.99. The van der Waals surface area contributed by atoms with Crippen molar-refractivity contribution in [1.29, 1.82) is 0 Å². The Kier molecular flexibility index (Phi) is 3.33. The van der Waals surface area contributed by atoms with Gasteiger partial charge >= 0.3 is 0 Å². The Morgan fingerprint density at radius 3 is 2.71 bits per heavy atom. The molecule has 108 valence electrons. The second kappa shape index (κ2) is 5.16. The highest BCUT2D eigenvalue weighted by atomic mass is 19.2. The summed E-state index contributed by atoms with van der Waals surface area (Å²) in [6.07, 6.45) is -0.172. The van der Waals surface area contributed by atoms with Crippen molar-refractivity contribution in [3.63, 3.8) is 0 Å². The van der Waals surface area contributed by atoms with Gasteiger partial charge in [0.25, 0.3) is 5.91 Å².